The van der Waals surface area contributed by atoms with Gasteiger partial charge in [-0.15, -0.1) is 0 Å². The highest BCUT2D eigenvalue weighted by Gasteiger charge is 2.49. The summed E-state index contributed by atoms with van der Waals surface area (Å²) in [6, 6.07) is -3.29. The van der Waals surface area contributed by atoms with E-state index in [1.165, 1.54) is 18.4 Å². The lowest BCUT2D eigenvalue weighted by Gasteiger charge is -2.45. The highest BCUT2D eigenvalue weighted by Crippen LogP contribution is 2.41. The van der Waals surface area contributed by atoms with Gasteiger partial charge in [0.25, 0.3) is 5.91 Å². The SMILES string of the molecule is C[C@H](C1(NC(=O)N[C@H](C(=O)N2CCC[C@H]2C(=O)N[C@@H](CCC2CC2)C(=O)C(=O)NC2CC2)C2(C)CCCCC2)CCCCC1)S(=O)(=O)N(C)C. The summed E-state index contributed by atoms with van der Waals surface area (Å²) in [6.45, 7) is 4.00. The quantitative estimate of drug-likeness (QED) is 0.188. The third kappa shape index (κ3) is 9.00. The van der Waals surface area contributed by atoms with Crippen LogP contribution in [0.25, 0.3) is 0 Å². The largest absolute Gasteiger partial charge is 0.347 e. The molecule has 14 heteroatoms. The van der Waals surface area contributed by atoms with Crippen LogP contribution in [0.5, 0.6) is 0 Å². The van der Waals surface area contributed by atoms with Gasteiger partial charge in [-0.2, -0.15) is 0 Å². The maximum Gasteiger partial charge on any atom is 0.315 e. The summed E-state index contributed by atoms with van der Waals surface area (Å²) >= 11 is 0. The molecular weight excluding hydrogens is 660 g/mol. The van der Waals surface area contributed by atoms with Gasteiger partial charge in [0.15, 0.2) is 0 Å². The molecule has 0 radical (unpaired) electrons. The van der Waals surface area contributed by atoms with Crippen LogP contribution in [0.4, 0.5) is 4.79 Å². The van der Waals surface area contributed by atoms with Crippen molar-refractivity contribution < 1.29 is 32.4 Å². The van der Waals surface area contributed by atoms with Crippen molar-refractivity contribution in [3.8, 4) is 0 Å². The van der Waals surface area contributed by atoms with E-state index in [9.17, 15) is 32.4 Å². The van der Waals surface area contributed by atoms with E-state index in [0.29, 0.717) is 44.6 Å². The van der Waals surface area contributed by atoms with Crippen molar-refractivity contribution in [1.29, 1.82) is 0 Å². The zero-order chi connectivity index (χ0) is 36.3. The van der Waals surface area contributed by atoms with Crippen molar-refractivity contribution >= 4 is 39.6 Å². The number of sulfonamides is 1. The summed E-state index contributed by atoms with van der Waals surface area (Å²) < 4.78 is 27.8. The average molecular weight is 721 g/mol. The Morgan fingerprint density at radius 3 is 2.04 bits per heavy atom. The van der Waals surface area contributed by atoms with Crippen LogP contribution in [0, 0.1) is 11.3 Å². The highest BCUT2D eigenvalue weighted by molar-refractivity contribution is 7.89. The van der Waals surface area contributed by atoms with Gasteiger partial charge in [-0.3, -0.25) is 19.2 Å². The molecule has 5 amide bonds. The Kier molecular flexibility index (Phi) is 12.2. The zero-order valence-corrected chi connectivity index (χ0v) is 31.4. The molecule has 4 saturated carbocycles. The van der Waals surface area contributed by atoms with E-state index in [1.54, 1.807) is 11.8 Å². The standard InChI is InChI=1S/C36H60N6O7S/c1-24(50(48,49)41(3)4)36(21-9-6-10-22-36)40-34(47)39-30(35(2)19-7-5-8-20-35)33(46)42-23-11-12-28(42)31(44)38-27(18-15-25-13-14-25)29(43)32(45)37-26-16-17-26/h24-28,30H,5-23H2,1-4H3,(H,37,45)(H,38,44)(H2,39,40,47)/t24-,27+,28+,30-/m1/s1. The lowest BCUT2D eigenvalue weighted by Crippen LogP contribution is -2.66. The van der Waals surface area contributed by atoms with Crippen molar-refractivity contribution in [2.45, 2.75) is 164 Å². The van der Waals surface area contributed by atoms with Crippen LogP contribution in [0.3, 0.4) is 0 Å². The topological polar surface area (TPSA) is 174 Å². The highest BCUT2D eigenvalue weighted by atomic mass is 32.2. The van der Waals surface area contributed by atoms with Gasteiger partial charge >= 0.3 is 6.03 Å². The van der Waals surface area contributed by atoms with Crippen molar-refractivity contribution in [3.63, 3.8) is 0 Å². The number of nitrogens with one attached hydrogen (secondary N) is 4. The minimum atomic E-state index is -3.70. The number of ketones is 1. The van der Waals surface area contributed by atoms with Crippen LogP contribution in [0.2, 0.25) is 0 Å². The van der Waals surface area contributed by atoms with E-state index in [1.807, 2.05) is 6.92 Å². The molecule has 5 aliphatic rings. The first-order valence-corrected chi connectivity index (χ1v) is 20.6. The number of rotatable bonds is 15. The van der Waals surface area contributed by atoms with E-state index in [-0.39, 0.29) is 11.9 Å². The molecule has 4 N–H and O–H groups in total. The first-order valence-electron chi connectivity index (χ1n) is 19.1. The van der Waals surface area contributed by atoms with Crippen molar-refractivity contribution in [1.82, 2.24) is 30.5 Å². The molecule has 4 atom stereocenters. The summed E-state index contributed by atoms with van der Waals surface area (Å²) in [5.74, 6) is -1.61. The predicted octanol–water partition coefficient (Wildman–Crippen LogP) is 3.12. The van der Waals surface area contributed by atoms with E-state index >= 15 is 0 Å². The summed E-state index contributed by atoms with van der Waals surface area (Å²) in [6.07, 6.45) is 13.8. The third-order valence-electron chi connectivity index (χ3n) is 12.2. The molecule has 0 aromatic carbocycles. The Bertz CT molecular complexity index is 1380. The molecule has 5 fully saturated rings. The van der Waals surface area contributed by atoms with E-state index in [4.69, 9.17) is 0 Å². The summed E-state index contributed by atoms with van der Waals surface area (Å²) in [5.41, 5.74) is -1.56. The molecule has 1 aliphatic heterocycles. The summed E-state index contributed by atoms with van der Waals surface area (Å²) in [7, 11) is -0.700. The Hall–Kier alpha value is -2.74. The molecule has 0 aromatic heterocycles. The van der Waals surface area contributed by atoms with Gasteiger partial charge in [-0.25, -0.2) is 17.5 Å². The van der Waals surface area contributed by atoms with Gasteiger partial charge < -0.3 is 26.2 Å². The first kappa shape index (κ1) is 38.5. The lowest BCUT2D eigenvalue weighted by atomic mass is 9.70. The fourth-order valence-electron chi connectivity index (χ4n) is 8.45. The number of Topliss-reactive ketones (excluding diaryl/α,β-unsaturated/α-hetero) is 1. The second kappa shape index (κ2) is 15.9. The number of hydrogen-bond acceptors (Lipinski definition) is 7. The summed E-state index contributed by atoms with van der Waals surface area (Å²) in [5, 5.41) is 10.8. The van der Waals surface area contributed by atoms with Crippen LogP contribution in [0.15, 0.2) is 0 Å². The van der Waals surface area contributed by atoms with E-state index < -0.39 is 68.0 Å². The van der Waals surface area contributed by atoms with Gasteiger partial charge in [0.05, 0.1) is 16.8 Å². The Morgan fingerprint density at radius 1 is 0.840 bits per heavy atom. The average Bonchev–Trinajstić information content (AvgIpc) is 4.03. The number of amides is 5. The molecule has 4 aliphatic carbocycles. The first-order chi connectivity index (χ1) is 23.7. The molecule has 282 valence electrons. The number of likely N-dealkylation sites (tertiary alicyclic amines) is 1. The molecule has 0 unspecified atom stereocenters. The zero-order valence-electron chi connectivity index (χ0n) is 30.6. The number of hydrogen-bond donors (Lipinski definition) is 4. The van der Waals surface area contributed by atoms with Gasteiger partial charge in [-0.05, 0) is 82.5 Å². The fourth-order valence-corrected chi connectivity index (χ4v) is 9.95. The van der Waals surface area contributed by atoms with E-state index in [2.05, 4.69) is 21.3 Å². The number of carbonyl (C=O) groups excluding carboxylic acids is 5. The van der Waals surface area contributed by atoms with Gasteiger partial charge in [0.2, 0.25) is 27.6 Å². The maximum atomic E-state index is 14.6. The third-order valence-corrected chi connectivity index (χ3v) is 14.6. The number of carbonyl (C=O) groups is 5. The molecular formula is C36H60N6O7S. The maximum absolute atomic E-state index is 14.6. The Morgan fingerprint density at radius 2 is 1.46 bits per heavy atom. The van der Waals surface area contributed by atoms with Crippen molar-refractivity contribution in [3.05, 3.63) is 0 Å². The Balaban J connectivity index is 1.33. The van der Waals surface area contributed by atoms with Gasteiger partial charge in [-0.1, -0.05) is 58.3 Å². The molecule has 50 heavy (non-hydrogen) atoms. The van der Waals surface area contributed by atoms with E-state index in [0.717, 1.165) is 83.5 Å². The van der Waals surface area contributed by atoms with Crippen molar-refractivity contribution in [2.75, 3.05) is 20.6 Å². The normalized spacial score (nSPS) is 25.2. The van der Waals surface area contributed by atoms with Gasteiger partial charge in [0.1, 0.15) is 12.1 Å². The smallest absolute Gasteiger partial charge is 0.315 e. The minimum absolute atomic E-state index is 0.0190. The van der Waals surface area contributed by atoms with Gasteiger partial charge in [0, 0.05) is 26.7 Å². The fraction of sp³-hybridized carbons (Fsp3) is 0.861. The van der Waals surface area contributed by atoms with Crippen LogP contribution in [-0.2, 0) is 29.2 Å². The number of nitrogens with zero attached hydrogens (tertiary/aromatic N) is 2. The Labute approximate surface area is 298 Å². The van der Waals surface area contributed by atoms with Crippen LogP contribution in [-0.4, -0.2) is 103 Å². The second-order valence-corrected chi connectivity index (χ2v) is 18.8. The monoisotopic (exact) mass is 720 g/mol. The molecule has 0 aromatic rings. The molecule has 13 nitrogen and oxygen atoms in total. The van der Waals surface area contributed by atoms with Crippen LogP contribution in [0.1, 0.15) is 129 Å². The molecule has 5 rings (SSSR count). The van der Waals surface area contributed by atoms with Crippen molar-refractivity contribution in [2.24, 2.45) is 11.3 Å². The summed E-state index contributed by atoms with van der Waals surface area (Å²) in [4.78, 5) is 69.9. The number of urea groups is 1. The molecule has 1 heterocycles. The van der Waals surface area contributed by atoms with Crippen LogP contribution >= 0.6 is 0 Å². The predicted molar refractivity (Wildman–Crippen MR) is 189 cm³/mol. The van der Waals surface area contributed by atoms with Crippen LogP contribution < -0.4 is 21.3 Å². The molecule has 1 saturated heterocycles. The minimum Gasteiger partial charge on any atom is -0.347 e. The molecule has 0 bridgehead atoms. The lowest BCUT2D eigenvalue weighted by molar-refractivity contribution is -0.144. The molecule has 0 spiro atoms. The second-order valence-electron chi connectivity index (χ2n) is 16.3.